The Balaban J connectivity index is 1.21. The van der Waals surface area contributed by atoms with Gasteiger partial charge in [0.2, 0.25) is 0 Å². The van der Waals surface area contributed by atoms with Crippen LogP contribution in [0.15, 0.2) is 103 Å². The molecule has 0 amide bonds. The first-order chi connectivity index (χ1) is 19.0. The normalized spacial score (nSPS) is 11.0. The van der Waals surface area contributed by atoms with E-state index in [1.54, 1.807) is 25.3 Å². The van der Waals surface area contributed by atoms with Gasteiger partial charge in [-0.15, -0.1) is 5.10 Å². The molecule has 0 aliphatic heterocycles. The van der Waals surface area contributed by atoms with E-state index < -0.39 is 4.92 Å². The molecule has 0 radical (unpaired) electrons. The van der Waals surface area contributed by atoms with Gasteiger partial charge in [-0.2, -0.15) is 0 Å². The lowest BCUT2D eigenvalue weighted by molar-refractivity contribution is -0.384. The molecule has 6 rings (SSSR count). The minimum atomic E-state index is -0.427. The van der Waals surface area contributed by atoms with Crippen molar-refractivity contribution in [3.05, 3.63) is 125 Å². The number of aryl methyl sites for hydroxylation is 1. The highest BCUT2D eigenvalue weighted by molar-refractivity contribution is 5.93. The third-order valence-electron chi connectivity index (χ3n) is 6.26. The fraction of sp³-hybridized carbons (Fsp3) is 0.0667. The molecule has 0 atom stereocenters. The number of hydrogen-bond acceptors (Lipinski definition) is 7. The fourth-order valence-corrected chi connectivity index (χ4v) is 4.33. The zero-order valence-electron chi connectivity index (χ0n) is 20.9. The monoisotopic (exact) mass is 514 g/mol. The largest absolute Gasteiger partial charge is 0.487 e. The zero-order chi connectivity index (χ0) is 26.8. The van der Waals surface area contributed by atoms with E-state index in [1.807, 2.05) is 78.9 Å². The van der Waals surface area contributed by atoms with Crippen LogP contribution in [0.5, 0.6) is 5.75 Å². The number of aromatic nitrogens is 5. The number of ether oxygens (including phenoxy) is 1. The van der Waals surface area contributed by atoms with Gasteiger partial charge in [0.15, 0.2) is 5.82 Å². The van der Waals surface area contributed by atoms with Crippen LogP contribution in [0.4, 0.5) is 5.69 Å². The van der Waals surface area contributed by atoms with Crippen molar-refractivity contribution in [3.8, 4) is 34.1 Å². The van der Waals surface area contributed by atoms with Gasteiger partial charge in [-0.25, -0.2) is 14.6 Å². The molecule has 9 heteroatoms. The van der Waals surface area contributed by atoms with Crippen molar-refractivity contribution in [2.24, 2.45) is 0 Å². The maximum atomic E-state index is 11.5. The molecule has 39 heavy (non-hydrogen) atoms. The van der Waals surface area contributed by atoms with Crippen molar-refractivity contribution in [1.82, 2.24) is 25.0 Å². The maximum absolute atomic E-state index is 11.5. The average Bonchev–Trinajstić information content (AvgIpc) is 3.45. The molecule has 0 saturated heterocycles. The molecule has 0 unspecified atom stereocenters. The Bertz CT molecular complexity index is 1800. The second-order valence-corrected chi connectivity index (χ2v) is 9.00. The molecule has 0 saturated carbocycles. The van der Waals surface area contributed by atoms with Gasteiger partial charge >= 0.3 is 0 Å². The molecule has 0 bridgehead atoms. The zero-order valence-corrected chi connectivity index (χ0v) is 20.9. The molecule has 9 nitrogen and oxygen atoms in total. The van der Waals surface area contributed by atoms with Crippen LogP contribution in [0.1, 0.15) is 11.3 Å². The van der Waals surface area contributed by atoms with Crippen molar-refractivity contribution in [2.75, 3.05) is 0 Å². The van der Waals surface area contributed by atoms with Crippen molar-refractivity contribution < 1.29 is 9.66 Å². The van der Waals surface area contributed by atoms with Gasteiger partial charge in [0.05, 0.1) is 22.3 Å². The lowest BCUT2D eigenvalue weighted by Crippen LogP contribution is -2.01. The number of nitro groups is 1. The van der Waals surface area contributed by atoms with E-state index in [1.165, 1.54) is 10.7 Å². The summed E-state index contributed by atoms with van der Waals surface area (Å²) in [5.41, 5.74) is 5.30. The van der Waals surface area contributed by atoms with E-state index in [4.69, 9.17) is 14.7 Å². The van der Waals surface area contributed by atoms with Gasteiger partial charge in [0, 0.05) is 22.6 Å². The van der Waals surface area contributed by atoms with E-state index in [0.29, 0.717) is 23.0 Å². The number of benzene rings is 4. The predicted octanol–water partition coefficient (Wildman–Crippen LogP) is 6.34. The quantitative estimate of drug-likeness (QED) is 0.181. The molecule has 0 N–H and O–H groups in total. The Morgan fingerprint density at radius 3 is 2.44 bits per heavy atom. The van der Waals surface area contributed by atoms with Crippen molar-refractivity contribution in [2.45, 2.75) is 13.5 Å². The molecule has 2 aromatic heterocycles. The number of nitro benzene ring substituents is 1. The van der Waals surface area contributed by atoms with Crippen LogP contribution in [0.25, 0.3) is 39.2 Å². The molecule has 2 heterocycles. The minimum absolute atomic E-state index is 0.0331. The van der Waals surface area contributed by atoms with E-state index >= 15 is 0 Å². The maximum Gasteiger partial charge on any atom is 0.295 e. The summed E-state index contributed by atoms with van der Waals surface area (Å²) in [7, 11) is 0. The van der Waals surface area contributed by atoms with Gasteiger partial charge in [-0.3, -0.25) is 10.1 Å². The highest BCUT2D eigenvalue weighted by atomic mass is 16.6. The third kappa shape index (κ3) is 4.93. The van der Waals surface area contributed by atoms with Gasteiger partial charge in [0.25, 0.3) is 5.69 Å². The minimum Gasteiger partial charge on any atom is -0.487 e. The van der Waals surface area contributed by atoms with Crippen molar-refractivity contribution in [3.63, 3.8) is 0 Å². The first kappa shape index (κ1) is 23.9. The highest BCUT2D eigenvalue weighted by Crippen LogP contribution is 2.30. The van der Waals surface area contributed by atoms with E-state index in [-0.39, 0.29) is 12.3 Å². The van der Waals surface area contributed by atoms with Crippen LogP contribution in [-0.4, -0.2) is 29.9 Å². The molecule has 0 fully saturated rings. The Morgan fingerprint density at radius 1 is 0.872 bits per heavy atom. The van der Waals surface area contributed by atoms with Crippen molar-refractivity contribution >= 4 is 16.6 Å². The summed E-state index contributed by atoms with van der Waals surface area (Å²) >= 11 is 0. The molecular formula is C30H22N6O3. The summed E-state index contributed by atoms with van der Waals surface area (Å²) in [4.78, 5) is 20.7. The third-order valence-corrected chi connectivity index (χ3v) is 6.26. The van der Waals surface area contributed by atoms with Gasteiger partial charge < -0.3 is 4.74 Å². The number of para-hydroxylation sites is 1. The van der Waals surface area contributed by atoms with Gasteiger partial charge in [-0.1, -0.05) is 59.8 Å². The second kappa shape index (κ2) is 10.1. The lowest BCUT2D eigenvalue weighted by Gasteiger charge is -2.10. The Hall–Kier alpha value is -5.44. The number of fused-ring (bicyclic) bond motifs is 1. The first-order valence-electron chi connectivity index (χ1n) is 12.3. The van der Waals surface area contributed by atoms with Crippen LogP contribution in [0.3, 0.4) is 0 Å². The van der Waals surface area contributed by atoms with Gasteiger partial charge in [-0.05, 0) is 48.9 Å². The topological polar surface area (TPSA) is 109 Å². The summed E-state index contributed by atoms with van der Waals surface area (Å²) < 4.78 is 7.29. The van der Waals surface area contributed by atoms with Crippen LogP contribution < -0.4 is 4.74 Å². The summed E-state index contributed by atoms with van der Waals surface area (Å²) in [6.07, 6.45) is 1.63. The lowest BCUT2D eigenvalue weighted by atomic mass is 10.1. The first-order valence-corrected chi connectivity index (χ1v) is 12.3. The van der Waals surface area contributed by atoms with Crippen LogP contribution in [0.2, 0.25) is 0 Å². The highest BCUT2D eigenvalue weighted by Gasteiger charge is 2.17. The fourth-order valence-electron chi connectivity index (χ4n) is 4.33. The summed E-state index contributed by atoms with van der Waals surface area (Å²) in [5, 5.41) is 20.6. The molecule has 6 aromatic rings. The molecule has 0 aliphatic rings. The van der Waals surface area contributed by atoms with Crippen LogP contribution in [0, 0.1) is 17.0 Å². The molecule has 190 valence electrons. The summed E-state index contributed by atoms with van der Waals surface area (Å²) in [5.74, 6) is 1.26. The molecule has 4 aromatic carbocycles. The summed E-state index contributed by atoms with van der Waals surface area (Å²) in [6.45, 7) is 1.96. The van der Waals surface area contributed by atoms with E-state index in [2.05, 4.69) is 10.3 Å². The Kier molecular flexibility index (Phi) is 6.22. The number of hydrogen-bond donors (Lipinski definition) is 0. The smallest absolute Gasteiger partial charge is 0.295 e. The van der Waals surface area contributed by atoms with E-state index in [0.717, 1.165) is 33.3 Å². The second-order valence-electron chi connectivity index (χ2n) is 9.00. The standard InChI is InChI=1S/C30H22N6O3/c1-20-11-16-27(28(17-20)36(37)38)35-18-23(33-34-35)19-39-24-14-12-22(13-15-24)30-31-26-10-6-5-9-25(26)29(32-30)21-7-3-2-4-8-21/h2-18H,19H2,1H3. The predicted molar refractivity (Wildman–Crippen MR) is 147 cm³/mol. The molecule has 0 aliphatic carbocycles. The van der Waals surface area contributed by atoms with Crippen LogP contribution >= 0.6 is 0 Å². The number of nitrogens with zero attached hydrogens (tertiary/aromatic N) is 6. The van der Waals surface area contributed by atoms with Crippen LogP contribution in [-0.2, 0) is 6.61 Å². The SMILES string of the molecule is Cc1ccc(-n2cc(COc3ccc(-c4nc(-c5ccccc5)c5ccccc5n4)cc3)nn2)c([N+](=O)[O-])c1. The number of rotatable bonds is 7. The molecular weight excluding hydrogens is 492 g/mol. The average molecular weight is 515 g/mol. The summed E-state index contributed by atoms with van der Waals surface area (Å²) in [6, 6.07) is 30.6. The molecule has 0 spiro atoms. The Labute approximate surface area is 223 Å². The van der Waals surface area contributed by atoms with E-state index in [9.17, 15) is 10.1 Å². The van der Waals surface area contributed by atoms with Gasteiger partial charge in [0.1, 0.15) is 23.7 Å². The Morgan fingerprint density at radius 2 is 1.64 bits per heavy atom. The van der Waals surface area contributed by atoms with Crippen molar-refractivity contribution in [1.29, 1.82) is 0 Å².